The van der Waals surface area contributed by atoms with Crippen LogP contribution in [0.4, 0.5) is 10.6 Å². The van der Waals surface area contributed by atoms with Gasteiger partial charge in [-0.1, -0.05) is 24.3 Å². The van der Waals surface area contributed by atoms with Crippen molar-refractivity contribution in [3.8, 4) is 5.75 Å². The number of hydrogen-bond donors (Lipinski definition) is 1. The zero-order chi connectivity index (χ0) is 20.8. The van der Waals surface area contributed by atoms with Gasteiger partial charge >= 0.3 is 6.09 Å². The number of rotatable bonds is 0. The number of ether oxygens (including phenoxy) is 1. The summed E-state index contributed by atoms with van der Waals surface area (Å²) in [7, 11) is 0. The fourth-order valence-corrected chi connectivity index (χ4v) is 2.81. The van der Waals surface area contributed by atoms with Crippen molar-refractivity contribution in [2.75, 3.05) is 6.54 Å². The Morgan fingerprint density at radius 1 is 1.13 bits per heavy atom. The van der Waals surface area contributed by atoms with E-state index in [1.807, 2.05) is 30.3 Å². The average Bonchev–Trinajstić information content (AvgIpc) is 2.75. The summed E-state index contributed by atoms with van der Waals surface area (Å²) in [5.74, 6) is 1.02. The number of fused-ring (bicyclic) bond motifs is 2. The van der Waals surface area contributed by atoms with Crippen LogP contribution in [0.3, 0.4) is 0 Å². The Bertz CT molecular complexity index is 1300. The molecule has 2 bridgehead atoms. The normalized spacial score (nSPS) is 13.8. The lowest BCUT2D eigenvalue weighted by Crippen LogP contribution is -2.25. The predicted octanol–water partition coefficient (Wildman–Crippen LogP) is 2.79. The highest BCUT2D eigenvalue weighted by Crippen LogP contribution is 2.26. The first-order valence-electron chi connectivity index (χ1n) is 9.11. The van der Waals surface area contributed by atoms with Crippen LogP contribution in [0.1, 0.15) is 0 Å². The number of carboxylic acid groups (broad SMARTS) is 1. The summed E-state index contributed by atoms with van der Waals surface area (Å²) in [6.07, 6.45) is 9.71. The van der Waals surface area contributed by atoms with Crippen LogP contribution in [0.2, 0.25) is 0 Å². The van der Waals surface area contributed by atoms with E-state index in [9.17, 15) is 9.90 Å². The van der Waals surface area contributed by atoms with E-state index in [1.165, 1.54) is 25.0 Å². The number of allylic oxidation sites excluding steroid dienone is 1. The van der Waals surface area contributed by atoms with Gasteiger partial charge in [0.25, 0.3) is 0 Å². The van der Waals surface area contributed by atoms with Crippen LogP contribution in [-0.4, -0.2) is 38.8 Å². The number of aromatic nitrogens is 2. The number of aliphatic imine (C=N–C) groups is 1. The lowest BCUT2D eigenvalue weighted by Gasteiger charge is -2.11. The van der Waals surface area contributed by atoms with Crippen molar-refractivity contribution >= 4 is 35.1 Å². The molecule has 0 atom stereocenters. The molecule has 0 saturated carbocycles. The SMILES string of the molecule is O=C(O)N1C=COc2ccc3ncnc(c3c2)N=c2ccccc2=CC=CN=CC1. The van der Waals surface area contributed by atoms with E-state index < -0.39 is 6.09 Å². The Hall–Kier alpha value is -4.33. The number of para-hydroxylation sites is 1. The van der Waals surface area contributed by atoms with Gasteiger partial charge in [-0.15, -0.1) is 0 Å². The minimum Gasteiger partial charge on any atom is -0.465 e. The van der Waals surface area contributed by atoms with Crippen LogP contribution < -0.4 is 15.3 Å². The fraction of sp³-hybridized carbons (Fsp3) is 0.0455. The van der Waals surface area contributed by atoms with Gasteiger partial charge in [-0.3, -0.25) is 9.89 Å². The summed E-state index contributed by atoms with van der Waals surface area (Å²) in [5.41, 5.74) is 0.722. The van der Waals surface area contributed by atoms with E-state index in [1.54, 1.807) is 30.5 Å². The van der Waals surface area contributed by atoms with Crippen molar-refractivity contribution < 1.29 is 14.6 Å². The van der Waals surface area contributed by atoms with Crippen molar-refractivity contribution in [1.29, 1.82) is 0 Å². The Kier molecular flexibility index (Phi) is 5.56. The maximum Gasteiger partial charge on any atom is 0.411 e. The van der Waals surface area contributed by atoms with Crippen LogP contribution in [0.5, 0.6) is 5.75 Å². The maximum atomic E-state index is 11.4. The first-order chi connectivity index (χ1) is 14.7. The van der Waals surface area contributed by atoms with Crippen LogP contribution in [0.25, 0.3) is 17.0 Å². The van der Waals surface area contributed by atoms with Gasteiger partial charge in [0, 0.05) is 29.2 Å². The molecule has 4 rings (SSSR count). The second-order valence-corrected chi connectivity index (χ2v) is 6.22. The number of benzene rings is 2. The Morgan fingerprint density at radius 2 is 2.03 bits per heavy atom. The molecule has 1 aliphatic heterocycles. The van der Waals surface area contributed by atoms with E-state index >= 15 is 0 Å². The van der Waals surface area contributed by atoms with E-state index in [4.69, 9.17) is 9.73 Å². The van der Waals surface area contributed by atoms with Gasteiger partial charge in [0.05, 0.1) is 17.4 Å². The van der Waals surface area contributed by atoms with Crippen LogP contribution in [0.15, 0.2) is 83.5 Å². The molecule has 30 heavy (non-hydrogen) atoms. The molecule has 1 amide bonds. The minimum atomic E-state index is -1.11. The summed E-state index contributed by atoms with van der Waals surface area (Å²) >= 11 is 0. The molecule has 0 unspecified atom stereocenters. The zero-order valence-electron chi connectivity index (χ0n) is 15.8. The van der Waals surface area contributed by atoms with Gasteiger partial charge in [-0.05, 0) is 30.3 Å². The molecule has 1 aromatic heterocycles. The fourth-order valence-electron chi connectivity index (χ4n) is 2.81. The third-order valence-electron chi connectivity index (χ3n) is 4.27. The van der Waals surface area contributed by atoms with Crippen molar-refractivity contribution in [3.63, 3.8) is 0 Å². The van der Waals surface area contributed by atoms with Gasteiger partial charge < -0.3 is 9.84 Å². The molecule has 0 radical (unpaired) electrons. The highest BCUT2D eigenvalue weighted by Gasteiger charge is 2.07. The van der Waals surface area contributed by atoms with Crippen LogP contribution >= 0.6 is 0 Å². The van der Waals surface area contributed by atoms with Gasteiger partial charge in [0.2, 0.25) is 0 Å². The second kappa shape index (κ2) is 8.78. The molecule has 2 heterocycles. The first kappa shape index (κ1) is 19.0. The summed E-state index contributed by atoms with van der Waals surface area (Å²) in [5, 5.41) is 11.7. The lowest BCUT2D eigenvalue weighted by molar-refractivity contribution is 0.167. The smallest absolute Gasteiger partial charge is 0.411 e. The minimum absolute atomic E-state index is 0.0845. The van der Waals surface area contributed by atoms with Crippen molar-refractivity contribution in [2.45, 2.75) is 0 Å². The molecule has 148 valence electrons. The maximum absolute atomic E-state index is 11.4. The number of carbonyl (C=O) groups is 1. The lowest BCUT2D eigenvalue weighted by atomic mass is 10.2. The third kappa shape index (κ3) is 4.39. The van der Waals surface area contributed by atoms with Gasteiger partial charge in [0.1, 0.15) is 18.3 Å². The Morgan fingerprint density at radius 3 is 2.93 bits per heavy atom. The molecule has 0 spiro atoms. The first-order valence-corrected chi connectivity index (χ1v) is 9.11. The summed E-state index contributed by atoms with van der Waals surface area (Å²) in [4.78, 5) is 29.9. The molecule has 8 heteroatoms. The monoisotopic (exact) mass is 399 g/mol. The standard InChI is InChI=1S/C22H17N5O3/c28-22(29)27-11-10-23-9-3-5-16-4-1-2-6-19(16)26-21-18-14-17(30-13-12-27)7-8-20(18)24-15-25-21/h1-10,12-15H,11H2,(H,28,29). The molecule has 0 saturated heterocycles. The molecule has 0 fully saturated rings. The predicted molar refractivity (Wildman–Crippen MR) is 113 cm³/mol. The van der Waals surface area contributed by atoms with E-state index in [0.29, 0.717) is 11.6 Å². The molecule has 1 aliphatic rings. The largest absolute Gasteiger partial charge is 0.465 e. The van der Waals surface area contributed by atoms with E-state index in [-0.39, 0.29) is 6.54 Å². The van der Waals surface area contributed by atoms with E-state index in [2.05, 4.69) is 15.0 Å². The molecule has 1 N–H and O–H groups in total. The number of nitrogens with zero attached hydrogens (tertiary/aromatic N) is 5. The van der Waals surface area contributed by atoms with Gasteiger partial charge in [-0.2, -0.15) is 0 Å². The highest BCUT2D eigenvalue weighted by molar-refractivity contribution is 5.88. The van der Waals surface area contributed by atoms with Crippen molar-refractivity contribution in [1.82, 2.24) is 14.9 Å². The molecule has 8 nitrogen and oxygen atoms in total. The Balaban J connectivity index is 1.90. The van der Waals surface area contributed by atoms with Crippen LogP contribution in [0, 0.1) is 0 Å². The molecule has 2 aromatic carbocycles. The van der Waals surface area contributed by atoms with Crippen molar-refractivity contribution in [2.24, 2.45) is 9.98 Å². The topological polar surface area (TPSA) is 100 Å². The van der Waals surface area contributed by atoms with Gasteiger partial charge in [0.15, 0.2) is 5.82 Å². The van der Waals surface area contributed by atoms with Crippen LogP contribution in [-0.2, 0) is 0 Å². The van der Waals surface area contributed by atoms with Crippen molar-refractivity contribution in [3.05, 3.63) is 84.1 Å². The molecular formula is C22H17N5O3. The molecule has 0 aliphatic carbocycles. The number of hydrogen-bond acceptors (Lipinski definition) is 6. The zero-order valence-corrected chi connectivity index (χ0v) is 15.8. The summed E-state index contributed by atoms with van der Waals surface area (Å²) in [6, 6.07) is 13.0. The number of amides is 1. The summed E-state index contributed by atoms with van der Waals surface area (Å²) in [6.45, 7) is 0.0845. The average molecular weight is 399 g/mol. The molecule has 3 aromatic rings. The second-order valence-electron chi connectivity index (χ2n) is 6.22. The van der Waals surface area contributed by atoms with E-state index in [0.717, 1.165) is 26.4 Å². The third-order valence-corrected chi connectivity index (χ3v) is 4.27. The summed E-state index contributed by atoms with van der Waals surface area (Å²) < 4.78 is 5.59. The Labute approximate surface area is 171 Å². The quantitative estimate of drug-likeness (QED) is 0.627. The molecular weight excluding hydrogens is 382 g/mol. The highest BCUT2D eigenvalue weighted by atomic mass is 16.5. The van der Waals surface area contributed by atoms with Gasteiger partial charge in [-0.25, -0.2) is 19.8 Å².